The van der Waals surface area contributed by atoms with Gasteiger partial charge in [0.15, 0.2) is 0 Å². The summed E-state index contributed by atoms with van der Waals surface area (Å²) in [6, 6.07) is 10.6. The Labute approximate surface area is 188 Å². The van der Waals surface area contributed by atoms with Crippen LogP contribution >= 0.6 is 11.6 Å². The molecule has 3 rings (SSSR count). The maximum Gasteiger partial charge on any atom is 0.316 e. The molecule has 2 aromatic carbocycles. The van der Waals surface area contributed by atoms with E-state index in [1.807, 2.05) is 26.8 Å². The van der Waals surface area contributed by atoms with Crippen LogP contribution in [0.4, 0.5) is 0 Å². The molecule has 3 aromatic rings. The number of hydrogen-bond donors (Lipinski definition) is 0. The van der Waals surface area contributed by atoms with E-state index in [-0.39, 0.29) is 11.4 Å². The molecule has 0 unspecified atom stereocenters. The van der Waals surface area contributed by atoms with Crippen molar-refractivity contribution in [2.75, 3.05) is 0 Å². The minimum atomic E-state index is -0.631. The van der Waals surface area contributed by atoms with Crippen molar-refractivity contribution >= 4 is 28.5 Å². The fourth-order valence-electron chi connectivity index (χ4n) is 3.32. The number of esters is 1. The van der Waals surface area contributed by atoms with Gasteiger partial charge in [-0.25, -0.2) is 0 Å². The second kappa shape index (κ2) is 9.69. The number of ether oxygens (including phenoxy) is 1. The van der Waals surface area contributed by atoms with Crippen molar-refractivity contribution in [3.63, 3.8) is 0 Å². The van der Waals surface area contributed by atoms with E-state index in [0.29, 0.717) is 27.3 Å². The van der Waals surface area contributed by atoms with Gasteiger partial charge < -0.3 is 9.15 Å². The molecule has 164 valence electrons. The van der Waals surface area contributed by atoms with Gasteiger partial charge in [-0.1, -0.05) is 49.9 Å². The number of benzene rings is 2. The highest BCUT2D eigenvalue weighted by Crippen LogP contribution is 2.30. The van der Waals surface area contributed by atoms with Crippen molar-refractivity contribution in [2.24, 2.45) is 5.41 Å². The second-order valence-corrected chi connectivity index (χ2v) is 9.33. The largest absolute Gasteiger partial charge is 0.463 e. The molecule has 0 fully saturated rings. The zero-order chi connectivity index (χ0) is 22.6. The van der Waals surface area contributed by atoms with Gasteiger partial charge in [0, 0.05) is 11.1 Å². The molecule has 0 aliphatic heterocycles. The molecule has 0 atom stereocenters. The minimum absolute atomic E-state index is 0.118. The highest BCUT2D eigenvalue weighted by molar-refractivity contribution is 6.30. The molecule has 4 nitrogen and oxygen atoms in total. The normalized spacial score (nSPS) is 11.6. The summed E-state index contributed by atoms with van der Waals surface area (Å²) in [6.45, 7) is 7.61. The van der Waals surface area contributed by atoms with Gasteiger partial charge in [-0.2, -0.15) is 0 Å². The first-order chi connectivity index (χ1) is 14.7. The van der Waals surface area contributed by atoms with E-state index >= 15 is 0 Å². The average Bonchev–Trinajstić information content (AvgIpc) is 2.72. The summed E-state index contributed by atoms with van der Waals surface area (Å²) in [6.07, 6.45) is 6.50. The van der Waals surface area contributed by atoms with Crippen molar-refractivity contribution in [1.29, 1.82) is 0 Å². The van der Waals surface area contributed by atoms with Crippen molar-refractivity contribution < 1.29 is 13.9 Å². The molecule has 1 heterocycles. The fourth-order valence-corrected chi connectivity index (χ4v) is 3.44. The summed E-state index contributed by atoms with van der Waals surface area (Å²) in [7, 11) is 0. The Hall–Kier alpha value is -2.59. The summed E-state index contributed by atoms with van der Waals surface area (Å²) in [5.41, 5.74) is 1.71. The smallest absolute Gasteiger partial charge is 0.316 e. The zero-order valence-electron chi connectivity index (χ0n) is 18.6. The zero-order valence-corrected chi connectivity index (χ0v) is 19.3. The van der Waals surface area contributed by atoms with Gasteiger partial charge in [0.25, 0.3) is 0 Å². The van der Waals surface area contributed by atoms with E-state index in [4.69, 9.17) is 20.8 Å². The van der Waals surface area contributed by atoms with Gasteiger partial charge in [0.1, 0.15) is 17.6 Å². The highest BCUT2D eigenvalue weighted by Gasteiger charge is 2.25. The average molecular weight is 441 g/mol. The van der Waals surface area contributed by atoms with Crippen LogP contribution in [0.1, 0.15) is 58.9 Å². The SMILES string of the molecule is CCCCCCc1cc2c(=O)c(-c3ccc(Cl)cc3)coc2cc1OC(=O)C(C)(C)C. The number of fused-ring (bicyclic) bond motifs is 1. The van der Waals surface area contributed by atoms with Crippen LogP contribution in [-0.4, -0.2) is 5.97 Å². The van der Waals surface area contributed by atoms with Crippen LogP contribution in [0, 0.1) is 5.41 Å². The molecule has 0 bridgehead atoms. The lowest BCUT2D eigenvalue weighted by Gasteiger charge is -2.18. The molecule has 0 N–H and O–H groups in total. The summed E-state index contributed by atoms with van der Waals surface area (Å²) < 4.78 is 11.5. The maximum absolute atomic E-state index is 13.2. The van der Waals surface area contributed by atoms with Gasteiger partial charge in [0.2, 0.25) is 5.43 Å². The van der Waals surface area contributed by atoms with Crippen LogP contribution in [0.5, 0.6) is 5.75 Å². The third-order valence-electron chi connectivity index (χ3n) is 5.23. The number of unbranched alkanes of at least 4 members (excludes halogenated alkanes) is 3. The summed E-state index contributed by atoms with van der Waals surface area (Å²) in [5.74, 6) is 0.146. The monoisotopic (exact) mass is 440 g/mol. The van der Waals surface area contributed by atoms with E-state index in [9.17, 15) is 9.59 Å². The van der Waals surface area contributed by atoms with Crippen LogP contribution < -0.4 is 10.2 Å². The standard InChI is InChI=1S/C26H29ClO4/c1-5-6-7-8-9-18-14-20-23(15-22(18)31-25(29)26(2,3)4)30-16-21(24(20)28)17-10-12-19(27)13-11-17/h10-16H,5-9H2,1-4H3. The van der Waals surface area contributed by atoms with Crippen LogP contribution in [0.2, 0.25) is 5.02 Å². The third kappa shape index (κ3) is 5.56. The molecule has 0 radical (unpaired) electrons. The summed E-state index contributed by atoms with van der Waals surface area (Å²) in [5, 5.41) is 1.09. The molecule has 5 heteroatoms. The van der Waals surface area contributed by atoms with Gasteiger partial charge >= 0.3 is 5.97 Å². The van der Waals surface area contributed by atoms with Crippen LogP contribution in [0.3, 0.4) is 0 Å². The lowest BCUT2D eigenvalue weighted by molar-refractivity contribution is -0.143. The molecular formula is C26H29ClO4. The molecule has 0 amide bonds. The maximum atomic E-state index is 13.2. The lowest BCUT2D eigenvalue weighted by Crippen LogP contribution is -2.26. The van der Waals surface area contributed by atoms with Crippen molar-refractivity contribution in [1.82, 2.24) is 0 Å². The summed E-state index contributed by atoms with van der Waals surface area (Å²) >= 11 is 5.97. The van der Waals surface area contributed by atoms with Crippen LogP contribution in [0.15, 0.2) is 51.9 Å². The quantitative estimate of drug-likeness (QED) is 0.221. The molecular weight excluding hydrogens is 412 g/mol. The van der Waals surface area contributed by atoms with Gasteiger partial charge in [0.05, 0.1) is 16.4 Å². The van der Waals surface area contributed by atoms with E-state index in [2.05, 4.69) is 6.92 Å². The molecule has 31 heavy (non-hydrogen) atoms. The Kier molecular flexibility index (Phi) is 7.22. The van der Waals surface area contributed by atoms with Crippen LogP contribution in [0.25, 0.3) is 22.1 Å². The number of rotatable bonds is 7. The van der Waals surface area contributed by atoms with Crippen molar-refractivity contribution in [2.45, 2.75) is 59.8 Å². The number of halogens is 1. The van der Waals surface area contributed by atoms with Gasteiger partial charge in [-0.15, -0.1) is 0 Å². The van der Waals surface area contributed by atoms with E-state index < -0.39 is 5.41 Å². The number of hydrogen-bond acceptors (Lipinski definition) is 4. The molecule has 1 aromatic heterocycles. The first-order valence-electron chi connectivity index (χ1n) is 10.8. The molecule has 0 saturated heterocycles. The Morgan fingerprint density at radius 2 is 1.77 bits per heavy atom. The van der Waals surface area contributed by atoms with E-state index in [1.54, 1.807) is 30.3 Å². The van der Waals surface area contributed by atoms with Gasteiger partial charge in [-0.3, -0.25) is 9.59 Å². The van der Waals surface area contributed by atoms with Crippen molar-refractivity contribution in [3.8, 4) is 16.9 Å². The molecule has 0 spiro atoms. The number of carbonyl (C=O) groups is 1. The molecule has 0 saturated carbocycles. The summed E-state index contributed by atoms with van der Waals surface area (Å²) in [4.78, 5) is 25.7. The van der Waals surface area contributed by atoms with Crippen LogP contribution in [-0.2, 0) is 11.2 Å². The van der Waals surface area contributed by atoms with E-state index in [0.717, 1.165) is 43.2 Å². The highest BCUT2D eigenvalue weighted by atomic mass is 35.5. The number of carbonyl (C=O) groups excluding carboxylic acids is 1. The lowest BCUT2D eigenvalue weighted by atomic mass is 9.97. The third-order valence-corrected chi connectivity index (χ3v) is 5.48. The predicted octanol–water partition coefficient (Wildman–Crippen LogP) is 7.19. The first-order valence-corrected chi connectivity index (χ1v) is 11.1. The topological polar surface area (TPSA) is 56.5 Å². The number of aryl methyl sites for hydroxylation is 1. The van der Waals surface area contributed by atoms with Gasteiger partial charge in [-0.05, 0) is 62.9 Å². The predicted molar refractivity (Wildman–Crippen MR) is 126 cm³/mol. The second-order valence-electron chi connectivity index (χ2n) is 8.89. The van der Waals surface area contributed by atoms with E-state index in [1.165, 1.54) is 6.26 Å². The molecule has 0 aliphatic carbocycles. The fraction of sp³-hybridized carbons (Fsp3) is 0.385. The Morgan fingerprint density at radius 3 is 2.42 bits per heavy atom. The minimum Gasteiger partial charge on any atom is -0.463 e. The Morgan fingerprint density at radius 1 is 1.06 bits per heavy atom. The first kappa shape index (κ1) is 23.1. The Balaban J connectivity index is 2.06. The molecule has 0 aliphatic rings. The Bertz CT molecular complexity index is 1120. The van der Waals surface area contributed by atoms with Crippen molar-refractivity contribution in [3.05, 3.63) is 63.5 Å².